The fourth-order valence-electron chi connectivity index (χ4n) is 1.79. The molecule has 1 rings (SSSR count). The zero-order chi connectivity index (χ0) is 12.5. The quantitative estimate of drug-likeness (QED) is 0.522. The van der Waals surface area contributed by atoms with Crippen LogP contribution in [-0.4, -0.2) is 11.1 Å². The topological polar surface area (TPSA) is 46.2 Å². The first-order valence-electron chi connectivity index (χ1n) is 6.47. The van der Waals surface area contributed by atoms with Crippen LogP contribution in [0.15, 0.2) is 11.0 Å². The van der Waals surface area contributed by atoms with E-state index >= 15 is 0 Å². The minimum atomic E-state index is -0.249. The van der Waals surface area contributed by atoms with E-state index in [2.05, 4.69) is 12.2 Å². The molecule has 4 heteroatoms. The first kappa shape index (κ1) is 14.3. The molecule has 1 aliphatic heterocycles. The summed E-state index contributed by atoms with van der Waals surface area (Å²) >= 11 is 1.01. The molecule has 0 saturated carbocycles. The second-order valence-electron chi connectivity index (χ2n) is 4.32. The van der Waals surface area contributed by atoms with E-state index in [1.165, 1.54) is 38.5 Å². The van der Waals surface area contributed by atoms with Gasteiger partial charge in [-0.25, -0.2) is 0 Å². The minimum Gasteiger partial charge on any atom is -0.282 e. The van der Waals surface area contributed by atoms with Crippen molar-refractivity contribution in [1.29, 1.82) is 0 Å². The van der Waals surface area contributed by atoms with Crippen LogP contribution in [0, 0.1) is 0 Å². The second-order valence-corrected chi connectivity index (χ2v) is 5.34. The Labute approximate surface area is 109 Å². The third-order valence-corrected chi connectivity index (χ3v) is 3.64. The van der Waals surface area contributed by atoms with E-state index in [0.717, 1.165) is 24.6 Å². The van der Waals surface area contributed by atoms with E-state index in [9.17, 15) is 9.59 Å². The van der Waals surface area contributed by atoms with Crippen LogP contribution in [-0.2, 0) is 4.79 Å². The summed E-state index contributed by atoms with van der Waals surface area (Å²) < 4.78 is 0. The molecule has 98 valence electrons. The predicted molar refractivity (Wildman–Crippen MR) is 73.9 cm³/mol. The summed E-state index contributed by atoms with van der Waals surface area (Å²) in [5.41, 5.74) is 0. The molecule has 0 aromatic heterocycles. The molecule has 17 heavy (non-hydrogen) atoms. The Morgan fingerprint density at radius 3 is 2.35 bits per heavy atom. The van der Waals surface area contributed by atoms with Gasteiger partial charge in [-0.2, -0.15) is 0 Å². The van der Waals surface area contributed by atoms with Crippen molar-refractivity contribution < 1.29 is 11.0 Å². The lowest BCUT2D eigenvalue weighted by molar-refractivity contribution is -0.115. The van der Waals surface area contributed by atoms with Gasteiger partial charge in [0, 0.05) is 1.43 Å². The van der Waals surface area contributed by atoms with Crippen molar-refractivity contribution >= 4 is 22.9 Å². The largest absolute Gasteiger partial charge is 0.290 e. The van der Waals surface area contributed by atoms with Crippen LogP contribution in [0.25, 0.3) is 0 Å². The van der Waals surface area contributed by atoms with Gasteiger partial charge in [0.05, 0.1) is 4.91 Å². The fourth-order valence-corrected chi connectivity index (χ4v) is 2.48. The van der Waals surface area contributed by atoms with Crippen LogP contribution < -0.4 is 5.32 Å². The van der Waals surface area contributed by atoms with Crippen LogP contribution in [0.4, 0.5) is 4.79 Å². The third kappa shape index (κ3) is 5.91. The van der Waals surface area contributed by atoms with Gasteiger partial charge in [-0.3, -0.25) is 14.9 Å². The monoisotopic (exact) mass is 257 g/mol. The van der Waals surface area contributed by atoms with Crippen molar-refractivity contribution in [2.24, 2.45) is 0 Å². The molecule has 1 saturated heterocycles. The summed E-state index contributed by atoms with van der Waals surface area (Å²) in [5, 5.41) is 2.01. The van der Waals surface area contributed by atoms with Gasteiger partial charge in [0.25, 0.3) is 11.1 Å². The maximum Gasteiger partial charge on any atom is 0.290 e. The van der Waals surface area contributed by atoms with Crippen LogP contribution in [0.2, 0.25) is 0 Å². The predicted octanol–water partition coefficient (Wildman–Crippen LogP) is 4.24. The Kier molecular flexibility index (Phi) is 7.01. The summed E-state index contributed by atoms with van der Waals surface area (Å²) in [6.45, 7) is 2.22. The van der Waals surface area contributed by atoms with Gasteiger partial charge >= 0.3 is 0 Å². The zero-order valence-corrected chi connectivity index (χ0v) is 11.3. The molecular weight excluding hydrogens is 234 g/mol. The molecule has 3 nitrogen and oxygen atoms in total. The number of nitrogens with one attached hydrogen (secondary N) is 1. The highest BCUT2D eigenvalue weighted by Crippen LogP contribution is 2.23. The molecule has 0 spiro atoms. The highest BCUT2D eigenvalue weighted by molar-refractivity contribution is 8.18. The normalized spacial score (nSPS) is 17.8. The fraction of sp³-hybridized carbons (Fsp3) is 0.692. The molecule has 0 atom stereocenters. The highest BCUT2D eigenvalue weighted by Gasteiger charge is 2.24. The maximum atomic E-state index is 11.2. The Balaban J connectivity index is 0.00000289. The zero-order valence-electron chi connectivity index (χ0n) is 10.5. The van der Waals surface area contributed by atoms with Crippen molar-refractivity contribution in [1.82, 2.24) is 5.32 Å². The summed E-state index contributed by atoms with van der Waals surface area (Å²) in [6.07, 6.45) is 11.7. The average molecular weight is 257 g/mol. The Morgan fingerprint density at radius 1 is 1.12 bits per heavy atom. The first-order chi connectivity index (χ1) is 8.24. The van der Waals surface area contributed by atoms with E-state index in [1.54, 1.807) is 0 Å². The minimum absolute atomic E-state index is 0. The molecule has 0 radical (unpaired) electrons. The van der Waals surface area contributed by atoms with Gasteiger partial charge < -0.3 is 0 Å². The van der Waals surface area contributed by atoms with E-state index in [4.69, 9.17) is 0 Å². The SMILES string of the molecule is CCCCCCCCC/C=C1\SC(=O)NC1=O.[HH]. The van der Waals surface area contributed by atoms with Gasteiger partial charge in [-0.1, -0.05) is 51.5 Å². The Bertz CT molecular complexity index is 305. The van der Waals surface area contributed by atoms with E-state index in [0.29, 0.717) is 4.91 Å². The number of carbonyl (C=O) groups excluding carboxylic acids is 2. The molecule has 0 aliphatic carbocycles. The molecule has 0 aromatic rings. The lowest BCUT2D eigenvalue weighted by atomic mass is 10.1. The van der Waals surface area contributed by atoms with Crippen LogP contribution in [0.3, 0.4) is 0 Å². The Morgan fingerprint density at radius 2 is 1.76 bits per heavy atom. The molecule has 0 aromatic carbocycles. The lowest BCUT2D eigenvalue weighted by Gasteiger charge is -1.99. The molecule has 1 fully saturated rings. The molecule has 0 unspecified atom stereocenters. The number of imide groups is 1. The third-order valence-electron chi connectivity index (χ3n) is 2.78. The van der Waals surface area contributed by atoms with E-state index in [-0.39, 0.29) is 12.6 Å². The van der Waals surface area contributed by atoms with Crippen LogP contribution >= 0.6 is 11.8 Å². The molecule has 0 bridgehead atoms. The maximum absolute atomic E-state index is 11.2. The van der Waals surface area contributed by atoms with E-state index in [1.807, 2.05) is 6.08 Å². The summed E-state index contributed by atoms with van der Waals surface area (Å²) in [5.74, 6) is -0.233. The summed E-state index contributed by atoms with van der Waals surface area (Å²) in [4.78, 5) is 22.7. The average Bonchev–Trinajstić information content (AvgIpc) is 2.61. The number of rotatable bonds is 8. The van der Waals surface area contributed by atoms with Crippen LogP contribution in [0.5, 0.6) is 0 Å². The molecule has 2 amide bonds. The number of amides is 2. The number of allylic oxidation sites excluding steroid dienone is 1. The van der Waals surface area contributed by atoms with Crippen molar-refractivity contribution in [2.75, 3.05) is 0 Å². The smallest absolute Gasteiger partial charge is 0.282 e. The number of hydrogen-bond donors (Lipinski definition) is 1. The van der Waals surface area contributed by atoms with E-state index < -0.39 is 0 Å². The number of thioether (sulfide) groups is 1. The summed E-state index contributed by atoms with van der Waals surface area (Å²) in [7, 11) is 0. The summed E-state index contributed by atoms with van der Waals surface area (Å²) in [6, 6.07) is 0. The lowest BCUT2D eigenvalue weighted by Crippen LogP contribution is -2.17. The number of hydrogen-bond acceptors (Lipinski definition) is 3. The molecule has 1 aliphatic rings. The van der Waals surface area contributed by atoms with Gasteiger partial charge in [0.15, 0.2) is 0 Å². The Hall–Kier alpha value is -0.770. The second kappa shape index (κ2) is 8.34. The van der Waals surface area contributed by atoms with Gasteiger partial charge in [0.1, 0.15) is 0 Å². The standard InChI is InChI=1S/C13H21NO2S.H2/c1-2-3-4-5-6-7-8-9-10-11-12(15)14-13(16)17-11;/h10H,2-9H2,1H3,(H,14,15,16);1H/b11-10-;. The van der Waals surface area contributed by atoms with Crippen molar-refractivity contribution in [3.63, 3.8) is 0 Å². The first-order valence-corrected chi connectivity index (χ1v) is 7.29. The van der Waals surface area contributed by atoms with Crippen LogP contribution in [0.1, 0.15) is 59.7 Å². The highest BCUT2D eigenvalue weighted by atomic mass is 32.2. The molecule has 1 heterocycles. The van der Waals surface area contributed by atoms with Crippen molar-refractivity contribution in [3.05, 3.63) is 11.0 Å². The van der Waals surface area contributed by atoms with Gasteiger partial charge in [-0.05, 0) is 24.6 Å². The van der Waals surface area contributed by atoms with Crippen molar-refractivity contribution in [3.8, 4) is 0 Å². The van der Waals surface area contributed by atoms with Gasteiger partial charge in [0.2, 0.25) is 0 Å². The molecule has 1 N–H and O–H groups in total. The number of unbranched alkanes of at least 4 members (excludes halogenated alkanes) is 7. The van der Waals surface area contributed by atoms with Gasteiger partial charge in [-0.15, -0.1) is 0 Å². The number of carbonyl (C=O) groups is 2. The molecular formula is C13H23NO2S. The van der Waals surface area contributed by atoms with Crippen molar-refractivity contribution in [2.45, 2.75) is 58.3 Å².